The van der Waals surface area contributed by atoms with Crippen molar-refractivity contribution in [3.63, 3.8) is 0 Å². The lowest BCUT2D eigenvalue weighted by atomic mass is 10.1. The molecule has 3 aromatic rings. The zero-order chi connectivity index (χ0) is 11.7. The van der Waals surface area contributed by atoms with Crippen molar-refractivity contribution in [1.82, 2.24) is 15.0 Å². The zero-order valence-electron chi connectivity index (χ0n) is 9.04. The molecule has 0 saturated heterocycles. The van der Waals surface area contributed by atoms with Crippen LogP contribution < -0.4 is 5.73 Å². The molecular formula is C13H10N4. The van der Waals surface area contributed by atoms with Gasteiger partial charge in [0.25, 0.3) is 0 Å². The molecule has 82 valence electrons. The zero-order valence-corrected chi connectivity index (χ0v) is 9.04. The number of rotatable bonds is 1. The Kier molecular flexibility index (Phi) is 2.19. The standard InChI is InChI=1S/C13H10N4/c14-10-7-12(13-8-15-5-6-16-13)17-11-4-2-1-3-9(10)11/h1-8H,(H2,14,17). The van der Waals surface area contributed by atoms with E-state index >= 15 is 0 Å². The van der Waals surface area contributed by atoms with Gasteiger partial charge in [-0.1, -0.05) is 18.2 Å². The molecule has 2 N–H and O–H groups in total. The van der Waals surface area contributed by atoms with E-state index in [1.54, 1.807) is 18.6 Å². The Balaban J connectivity index is 2.26. The van der Waals surface area contributed by atoms with E-state index in [2.05, 4.69) is 15.0 Å². The first-order valence-corrected chi connectivity index (χ1v) is 5.26. The number of benzene rings is 1. The molecular weight excluding hydrogens is 212 g/mol. The van der Waals surface area contributed by atoms with E-state index in [0.717, 1.165) is 22.3 Å². The number of fused-ring (bicyclic) bond motifs is 1. The van der Waals surface area contributed by atoms with Crippen LogP contribution in [-0.2, 0) is 0 Å². The monoisotopic (exact) mass is 222 g/mol. The third kappa shape index (κ3) is 1.69. The van der Waals surface area contributed by atoms with E-state index in [4.69, 9.17) is 5.73 Å². The number of para-hydroxylation sites is 1. The lowest BCUT2D eigenvalue weighted by Gasteiger charge is -2.05. The minimum Gasteiger partial charge on any atom is -0.398 e. The lowest BCUT2D eigenvalue weighted by molar-refractivity contribution is 1.19. The Morgan fingerprint density at radius 1 is 1.00 bits per heavy atom. The first-order valence-electron chi connectivity index (χ1n) is 5.26. The second-order valence-corrected chi connectivity index (χ2v) is 3.70. The summed E-state index contributed by atoms with van der Waals surface area (Å²) in [7, 11) is 0. The number of nitrogens with two attached hydrogens (primary N) is 1. The predicted molar refractivity (Wildman–Crippen MR) is 67.2 cm³/mol. The number of hydrogen-bond acceptors (Lipinski definition) is 4. The van der Waals surface area contributed by atoms with Gasteiger partial charge in [-0.15, -0.1) is 0 Å². The molecule has 1 aromatic carbocycles. The van der Waals surface area contributed by atoms with Crippen LogP contribution in [0.5, 0.6) is 0 Å². The maximum atomic E-state index is 6.01. The summed E-state index contributed by atoms with van der Waals surface area (Å²) in [5, 5.41) is 0.958. The first-order chi connectivity index (χ1) is 8.34. The van der Waals surface area contributed by atoms with E-state index in [1.807, 2.05) is 30.3 Å². The van der Waals surface area contributed by atoms with E-state index in [1.165, 1.54) is 0 Å². The number of hydrogen-bond donors (Lipinski definition) is 1. The molecule has 0 saturated carbocycles. The second kappa shape index (κ2) is 3.83. The van der Waals surface area contributed by atoms with Crippen LogP contribution in [0.15, 0.2) is 48.9 Å². The molecule has 0 fully saturated rings. The third-order valence-corrected chi connectivity index (χ3v) is 2.57. The summed E-state index contributed by atoms with van der Waals surface area (Å²) in [6.45, 7) is 0. The van der Waals surface area contributed by atoms with Gasteiger partial charge in [0.05, 0.1) is 17.4 Å². The van der Waals surface area contributed by atoms with Crippen molar-refractivity contribution >= 4 is 16.6 Å². The average molecular weight is 222 g/mol. The Morgan fingerprint density at radius 2 is 1.88 bits per heavy atom. The number of nitrogens with zero attached hydrogens (tertiary/aromatic N) is 3. The molecule has 0 atom stereocenters. The van der Waals surface area contributed by atoms with Crippen LogP contribution in [0.1, 0.15) is 0 Å². The van der Waals surface area contributed by atoms with Crippen LogP contribution in [0.3, 0.4) is 0 Å². The molecule has 0 aliphatic heterocycles. The van der Waals surface area contributed by atoms with E-state index in [0.29, 0.717) is 5.69 Å². The molecule has 3 rings (SSSR count). The number of nitrogen functional groups attached to an aromatic ring is 1. The fourth-order valence-corrected chi connectivity index (χ4v) is 1.76. The van der Waals surface area contributed by atoms with Crippen molar-refractivity contribution in [1.29, 1.82) is 0 Å². The van der Waals surface area contributed by atoms with Crippen LogP contribution in [0.2, 0.25) is 0 Å². The minimum atomic E-state index is 0.705. The van der Waals surface area contributed by atoms with Gasteiger partial charge in [0.15, 0.2) is 0 Å². The Bertz CT molecular complexity index is 665. The molecule has 0 spiro atoms. The predicted octanol–water partition coefficient (Wildman–Crippen LogP) is 2.27. The second-order valence-electron chi connectivity index (χ2n) is 3.70. The van der Waals surface area contributed by atoms with Crippen LogP contribution >= 0.6 is 0 Å². The maximum Gasteiger partial charge on any atom is 0.107 e. The van der Waals surface area contributed by atoms with Crippen LogP contribution in [0, 0.1) is 0 Å². The third-order valence-electron chi connectivity index (χ3n) is 2.57. The van der Waals surface area contributed by atoms with E-state index in [-0.39, 0.29) is 0 Å². The summed E-state index contributed by atoms with van der Waals surface area (Å²) in [6.07, 6.45) is 4.95. The molecule has 0 radical (unpaired) electrons. The normalized spacial score (nSPS) is 10.6. The smallest absolute Gasteiger partial charge is 0.107 e. The Hall–Kier alpha value is -2.49. The van der Waals surface area contributed by atoms with Gasteiger partial charge in [-0.3, -0.25) is 9.97 Å². The van der Waals surface area contributed by atoms with Gasteiger partial charge in [-0.05, 0) is 12.1 Å². The van der Waals surface area contributed by atoms with E-state index in [9.17, 15) is 0 Å². The number of aromatic nitrogens is 3. The molecule has 0 unspecified atom stereocenters. The van der Waals surface area contributed by atoms with Crippen molar-refractivity contribution in [2.75, 3.05) is 5.73 Å². The molecule has 0 bridgehead atoms. The van der Waals surface area contributed by atoms with Crippen LogP contribution in [-0.4, -0.2) is 15.0 Å². The van der Waals surface area contributed by atoms with Crippen LogP contribution in [0.25, 0.3) is 22.3 Å². The van der Waals surface area contributed by atoms with Gasteiger partial charge in [-0.25, -0.2) is 4.98 Å². The topological polar surface area (TPSA) is 64.7 Å². The van der Waals surface area contributed by atoms with Crippen molar-refractivity contribution in [3.8, 4) is 11.4 Å². The maximum absolute atomic E-state index is 6.01. The van der Waals surface area contributed by atoms with Gasteiger partial charge in [0.2, 0.25) is 0 Å². The summed E-state index contributed by atoms with van der Waals surface area (Å²) in [5.74, 6) is 0. The summed E-state index contributed by atoms with van der Waals surface area (Å²) < 4.78 is 0. The number of anilines is 1. The molecule has 4 nitrogen and oxygen atoms in total. The van der Waals surface area contributed by atoms with Gasteiger partial charge >= 0.3 is 0 Å². The van der Waals surface area contributed by atoms with Gasteiger partial charge in [0, 0.05) is 23.5 Å². The highest BCUT2D eigenvalue weighted by Gasteiger charge is 2.05. The molecule has 17 heavy (non-hydrogen) atoms. The van der Waals surface area contributed by atoms with Crippen molar-refractivity contribution in [2.45, 2.75) is 0 Å². The van der Waals surface area contributed by atoms with Crippen molar-refractivity contribution in [2.24, 2.45) is 0 Å². The number of pyridine rings is 1. The first kappa shape index (κ1) is 9.72. The van der Waals surface area contributed by atoms with Crippen LogP contribution in [0.4, 0.5) is 5.69 Å². The Morgan fingerprint density at radius 3 is 2.71 bits per heavy atom. The summed E-state index contributed by atoms with van der Waals surface area (Å²) in [5.41, 5.74) is 9.05. The van der Waals surface area contributed by atoms with E-state index < -0.39 is 0 Å². The highest BCUT2D eigenvalue weighted by atomic mass is 14.8. The Labute approximate surface area is 98.2 Å². The summed E-state index contributed by atoms with van der Waals surface area (Å²) >= 11 is 0. The average Bonchev–Trinajstić information content (AvgIpc) is 2.40. The lowest BCUT2D eigenvalue weighted by Crippen LogP contribution is -1.94. The van der Waals surface area contributed by atoms with Crippen molar-refractivity contribution < 1.29 is 0 Å². The largest absolute Gasteiger partial charge is 0.398 e. The van der Waals surface area contributed by atoms with Crippen molar-refractivity contribution in [3.05, 3.63) is 48.9 Å². The summed E-state index contributed by atoms with van der Waals surface area (Å²) in [6, 6.07) is 9.60. The SMILES string of the molecule is Nc1cc(-c2cnccn2)nc2ccccc12. The van der Waals surface area contributed by atoms with Gasteiger partial charge < -0.3 is 5.73 Å². The molecule has 0 aliphatic rings. The highest BCUT2D eigenvalue weighted by molar-refractivity contribution is 5.92. The van der Waals surface area contributed by atoms with Gasteiger partial charge in [0.1, 0.15) is 5.69 Å². The highest BCUT2D eigenvalue weighted by Crippen LogP contribution is 2.24. The molecule has 0 amide bonds. The fraction of sp³-hybridized carbons (Fsp3) is 0. The molecule has 2 heterocycles. The fourth-order valence-electron chi connectivity index (χ4n) is 1.76. The molecule has 2 aromatic heterocycles. The summed E-state index contributed by atoms with van der Waals surface area (Å²) in [4.78, 5) is 12.8. The molecule has 0 aliphatic carbocycles. The minimum absolute atomic E-state index is 0.705. The molecule has 4 heteroatoms. The quantitative estimate of drug-likeness (QED) is 0.686. The van der Waals surface area contributed by atoms with Gasteiger partial charge in [-0.2, -0.15) is 0 Å².